The Hall–Kier alpha value is -1.45. The molecule has 1 rings (SSSR count). The Labute approximate surface area is 70.9 Å². The molecule has 0 aliphatic rings. The topological polar surface area (TPSA) is 59.5 Å². The molecular weight excluding hydrogens is 156 g/mol. The van der Waals surface area contributed by atoms with Gasteiger partial charge in [-0.2, -0.15) is 0 Å². The van der Waals surface area contributed by atoms with E-state index in [0.29, 0.717) is 6.54 Å². The number of urea groups is 1. The van der Waals surface area contributed by atoms with E-state index in [1.165, 1.54) is 4.90 Å². The van der Waals surface area contributed by atoms with Crippen LogP contribution in [-0.4, -0.2) is 18.0 Å². The summed E-state index contributed by atoms with van der Waals surface area (Å²) in [7, 11) is 1.63. The van der Waals surface area contributed by atoms with Crippen molar-refractivity contribution in [1.29, 1.82) is 0 Å². The fourth-order valence-electron chi connectivity index (χ4n) is 0.859. The number of nitrogens with zero attached hydrogens (tertiary/aromatic N) is 1. The zero-order chi connectivity index (χ0) is 9.14. The van der Waals surface area contributed by atoms with E-state index in [0.717, 1.165) is 11.3 Å². The van der Waals surface area contributed by atoms with Gasteiger partial charge in [-0.3, -0.25) is 0 Å². The van der Waals surface area contributed by atoms with Crippen LogP contribution in [0.25, 0.3) is 0 Å². The molecule has 1 heterocycles. The first-order valence-electron chi connectivity index (χ1n) is 3.65. The van der Waals surface area contributed by atoms with Crippen molar-refractivity contribution < 1.29 is 9.21 Å². The van der Waals surface area contributed by atoms with Gasteiger partial charge < -0.3 is 15.1 Å². The molecule has 4 nitrogen and oxygen atoms in total. The van der Waals surface area contributed by atoms with Gasteiger partial charge >= 0.3 is 6.03 Å². The first kappa shape index (κ1) is 8.64. The second-order valence-electron chi connectivity index (χ2n) is 2.72. The summed E-state index contributed by atoms with van der Waals surface area (Å²) in [5.41, 5.74) is 6.08. The molecule has 0 saturated heterocycles. The number of rotatable bonds is 2. The highest BCUT2D eigenvalue weighted by molar-refractivity contribution is 5.71. The number of hydrogen-bond acceptors (Lipinski definition) is 2. The lowest BCUT2D eigenvalue weighted by molar-refractivity contribution is 0.212. The summed E-state index contributed by atoms with van der Waals surface area (Å²) in [5.74, 6) is 0.774. The normalized spacial score (nSPS) is 9.83. The minimum absolute atomic E-state index is 0.425. The Bertz CT molecular complexity index is 280. The molecule has 4 heteroatoms. The predicted molar refractivity (Wildman–Crippen MR) is 44.5 cm³/mol. The SMILES string of the molecule is Cc1ccoc1CN(C)C(N)=O. The van der Waals surface area contributed by atoms with Gasteiger partial charge in [-0.1, -0.05) is 0 Å². The molecule has 12 heavy (non-hydrogen) atoms. The Kier molecular flexibility index (Phi) is 2.38. The maximum absolute atomic E-state index is 10.6. The zero-order valence-corrected chi connectivity index (χ0v) is 7.20. The number of nitrogens with two attached hydrogens (primary N) is 1. The molecule has 0 saturated carbocycles. The molecule has 1 aromatic rings. The summed E-state index contributed by atoms with van der Waals surface area (Å²) in [6.07, 6.45) is 1.60. The lowest BCUT2D eigenvalue weighted by atomic mass is 10.3. The van der Waals surface area contributed by atoms with Crippen molar-refractivity contribution in [2.45, 2.75) is 13.5 Å². The highest BCUT2D eigenvalue weighted by atomic mass is 16.3. The predicted octanol–water partition coefficient (Wildman–Crippen LogP) is 1.10. The van der Waals surface area contributed by atoms with Crippen LogP contribution < -0.4 is 5.73 Å². The van der Waals surface area contributed by atoms with Crippen molar-refractivity contribution in [3.8, 4) is 0 Å². The number of amides is 2. The largest absolute Gasteiger partial charge is 0.467 e. The first-order valence-corrected chi connectivity index (χ1v) is 3.65. The minimum atomic E-state index is -0.453. The van der Waals surface area contributed by atoms with Gasteiger partial charge in [-0.05, 0) is 18.6 Å². The van der Waals surface area contributed by atoms with Crippen molar-refractivity contribution in [3.63, 3.8) is 0 Å². The van der Waals surface area contributed by atoms with Gasteiger partial charge in [0.05, 0.1) is 12.8 Å². The zero-order valence-electron chi connectivity index (χ0n) is 7.20. The Morgan fingerprint density at radius 2 is 2.42 bits per heavy atom. The Morgan fingerprint density at radius 1 is 1.75 bits per heavy atom. The van der Waals surface area contributed by atoms with E-state index in [1.807, 2.05) is 13.0 Å². The average Bonchev–Trinajstić information content (AvgIpc) is 2.36. The Balaban J connectivity index is 2.64. The molecule has 0 spiro atoms. The third-order valence-electron chi connectivity index (χ3n) is 1.73. The average molecular weight is 168 g/mol. The monoisotopic (exact) mass is 168 g/mol. The number of primary amides is 1. The van der Waals surface area contributed by atoms with Crippen LogP contribution >= 0.6 is 0 Å². The maximum atomic E-state index is 10.6. The summed E-state index contributed by atoms with van der Waals surface area (Å²) in [6.45, 7) is 2.35. The highest BCUT2D eigenvalue weighted by Crippen LogP contribution is 2.10. The van der Waals surface area contributed by atoms with Crippen molar-refractivity contribution in [2.24, 2.45) is 5.73 Å². The second-order valence-corrected chi connectivity index (χ2v) is 2.72. The van der Waals surface area contributed by atoms with Crippen LogP contribution in [0.5, 0.6) is 0 Å². The minimum Gasteiger partial charge on any atom is -0.467 e. The van der Waals surface area contributed by atoms with Gasteiger partial charge in [-0.15, -0.1) is 0 Å². The first-order chi connectivity index (χ1) is 5.61. The van der Waals surface area contributed by atoms with E-state index in [9.17, 15) is 4.79 Å². The smallest absolute Gasteiger partial charge is 0.314 e. The maximum Gasteiger partial charge on any atom is 0.314 e. The van der Waals surface area contributed by atoms with Gasteiger partial charge in [0.1, 0.15) is 5.76 Å². The molecule has 0 bridgehead atoms. The van der Waals surface area contributed by atoms with E-state index in [-0.39, 0.29) is 0 Å². The number of furan rings is 1. The van der Waals surface area contributed by atoms with E-state index in [2.05, 4.69) is 0 Å². The summed E-state index contributed by atoms with van der Waals surface area (Å²) in [4.78, 5) is 12.0. The van der Waals surface area contributed by atoms with E-state index < -0.39 is 6.03 Å². The van der Waals surface area contributed by atoms with Crippen LogP contribution in [0.15, 0.2) is 16.7 Å². The number of carbonyl (C=O) groups is 1. The van der Waals surface area contributed by atoms with Gasteiger partial charge in [0, 0.05) is 7.05 Å². The van der Waals surface area contributed by atoms with Gasteiger partial charge in [0.15, 0.2) is 0 Å². The van der Waals surface area contributed by atoms with Crippen LogP contribution in [-0.2, 0) is 6.54 Å². The molecular formula is C8H12N2O2. The van der Waals surface area contributed by atoms with Crippen molar-refractivity contribution in [2.75, 3.05) is 7.05 Å². The molecule has 2 N–H and O–H groups in total. The molecule has 2 amide bonds. The van der Waals surface area contributed by atoms with Crippen molar-refractivity contribution in [3.05, 3.63) is 23.7 Å². The lowest BCUT2D eigenvalue weighted by Gasteiger charge is -2.12. The van der Waals surface area contributed by atoms with E-state index in [1.54, 1.807) is 13.3 Å². The van der Waals surface area contributed by atoms with Crippen LogP contribution in [0, 0.1) is 6.92 Å². The molecule has 1 aromatic heterocycles. The summed E-state index contributed by atoms with van der Waals surface area (Å²) in [6, 6.07) is 1.40. The van der Waals surface area contributed by atoms with Crippen molar-refractivity contribution in [1.82, 2.24) is 4.90 Å². The summed E-state index contributed by atoms with van der Waals surface area (Å²) in [5, 5.41) is 0. The van der Waals surface area contributed by atoms with Crippen LogP contribution in [0.1, 0.15) is 11.3 Å². The second kappa shape index (κ2) is 3.30. The molecule has 0 aromatic carbocycles. The molecule has 0 aliphatic carbocycles. The van der Waals surface area contributed by atoms with Crippen molar-refractivity contribution >= 4 is 6.03 Å². The number of aryl methyl sites for hydroxylation is 1. The van der Waals surface area contributed by atoms with Crippen LogP contribution in [0.2, 0.25) is 0 Å². The fraction of sp³-hybridized carbons (Fsp3) is 0.375. The number of carbonyl (C=O) groups excluding carboxylic acids is 1. The van der Waals surface area contributed by atoms with E-state index in [4.69, 9.17) is 10.2 Å². The van der Waals surface area contributed by atoms with Crippen LogP contribution in [0.3, 0.4) is 0 Å². The molecule has 66 valence electrons. The molecule has 0 atom stereocenters. The Morgan fingerprint density at radius 3 is 2.83 bits per heavy atom. The number of hydrogen-bond donors (Lipinski definition) is 1. The van der Waals surface area contributed by atoms with Gasteiger partial charge in [0.2, 0.25) is 0 Å². The fourth-order valence-corrected chi connectivity index (χ4v) is 0.859. The third-order valence-corrected chi connectivity index (χ3v) is 1.73. The quantitative estimate of drug-likeness (QED) is 0.718. The van der Waals surface area contributed by atoms with E-state index >= 15 is 0 Å². The molecule has 0 aliphatic heterocycles. The van der Waals surface area contributed by atoms with Gasteiger partial charge in [-0.25, -0.2) is 4.79 Å². The summed E-state index contributed by atoms with van der Waals surface area (Å²) < 4.78 is 5.14. The standard InChI is InChI=1S/C8H12N2O2/c1-6-3-4-12-7(6)5-10(2)8(9)11/h3-4H,5H2,1-2H3,(H2,9,11). The molecule has 0 radical (unpaired) electrons. The van der Waals surface area contributed by atoms with Crippen LogP contribution in [0.4, 0.5) is 4.79 Å². The highest BCUT2D eigenvalue weighted by Gasteiger charge is 2.08. The third kappa shape index (κ3) is 1.78. The molecule has 0 unspecified atom stereocenters. The lowest BCUT2D eigenvalue weighted by Crippen LogP contribution is -2.31. The molecule has 0 fully saturated rings. The summed E-state index contributed by atoms with van der Waals surface area (Å²) >= 11 is 0. The van der Waals surface area contributed by atoms with Gasteiger partial charge in [0.25, 0.3) is 0 Å².